The fourth-order valence-corrected chi connectivity index (χ4v) is 8.39. The van der Waals surface area contributed by atoms with Gasteiger partial charge in [-0.25, -0.2) is 0 Å². The van der Waals surface area contributed by atoms with Crippen LogP contribution in [0.25, 0.3) is 19.3 Å². The molecule has 216 valence electrons. The quantitative estimate of drug-likeness (QED) is 0.100. The summed E-state index contributed by atoms with van der Waals surface area (Å²) in [6.07, 6.45) is 0.145. The molecule has 12 heteroatoms. The average molecular weight is 694 g/mol. The van der Waals surface area contributed by atoms with Gasteiger partial charge in [0.25, 0.3) is 0 Å². The number of ether oxygens (including phenoxy) is 4. The third kappa shape index (κ3) is 7.80. The van der Waals surface area contributed by atoms with Crippen molar-refractivity contribution in [2.75, 3.05) is 27.4 Å². The second kappa shape index (κ2) is 13.9. The standard InChI is InChI=1S/C29H28O10Se2/c1-36-20-10-16-12-26(18(30)4-6-28(32)33)41-25(16)15-23(20)39-9-3-8-38-22-11-17-13-27(19(31)5-7-29(34)35)40-24(17)14-21(22)37-2/h10-15H,3-9H2,1-2H3,(H,32,33)(H,34,35). The third-order valence-corrected chi connectivity index (χ3v) is 10.9. The Balaban J connectivity index is 1.36. The molecule has 0 radical (unpaired) electrons. The van der Waals surface area contributed by atoms with Crippen LogP contribution in [0.4, 0.5) is 0 Å². The van der Waals surface area contributed by atoms with Crippen molar-refractivity contribution in [2.45, 2.75) is 32.1 Å². The number of hydrogen-bond acceptors (Lipinski definition) is 8. The van der Waals surface area contributed by atoms with E-state index in [1.165, 1.54) is 0 Å². The van der Waals surface area contributed by atoms with Crippen molar-refractivity contribution in [1.29, 1.82) is 0 Å². The number of fused-ring (bicyclic) bond motifs is 2. The second-order valence-electron chi connectivity index (χ2n) is 8.99. The van der Waals surface area contributed by atoms with E-state index in [0.717, 1.165) is 19.3 Å². The number of carbonyl (C=O) groups excluding carboxylic acids is 2. The number of methoxy groups -OCH3 is 2. The number of carbonyl (C=O) groups is 4. The van der Waals surface area contributed by atoms with Crippen LogP contribution < -0.4 is 18.9 Å². The molecule has 0 aliphatic carbocycles. The van der Waals surface area contributed by atoms with Gasteiger partial charge in [-0.2, -0.15) is 0 Å². The van der Waals surface area contributed by atoms with Gasteiger partial charge in [0, 0.05) is 0 Å². The van der Waals surface area contributed by atoms with Gasteiger partial charge in [0.2, 0.25) is 0 Å². The molecule has 0 amide bonds. The van der Waals surface area contributed by atoms with Crippen LogP contribution in [0.2, 0.25) is 0 Å². The first-order valence-electron chi connectivity index (χ1n) is 12.7. The number of aliphatic carboxylic acids is 2. The SMILES string of the molecule is COc1cc2[se]c(C(=O)CCC(=O)O)cc2cc1OCCCOc1cc2[se]c(C(=O)CCC(=O)O)cc2cc1OC. The van der Waals surface area contributed by atoms with Crippen LogP contribution in [-0.4, -0.2) is 90.2 Å². The van der Waals surface area contributed by atoms with Gasteiger partial charge in [0.05, 0.1) is 0 Å². The van der Waals surface area contributed by atoms with Crippen LogP contribution >= 0.6 is 0 Å². The van der Waals surface area contributed by atoms with Crippen molar-refractivity contribution < 1.29 is 48.3 Å². The fourth-order valence-electron chi connectivity index (χ4n) is 4.02. The Morgan fingerprint density at radius 1 is 0.610 bits per heavy atom. The second-order valence-corrected chi connectivity index (χ2v) is 13.5. The summed E-state index contributed by atoms with van der Waals surface area (Å²) in [7, 11) is 3.09. The van der Waals surface area contributed by atoms with E-state index >= 15 is 0 Å². The summed E-state index contributed by atoms with van der Waals surface area (Å²) in [5.74, 6) is -0.0901. The molecule has 0 saturated heterocycles. The van der Waals surface area contributed by atoms with Crippen LogP contribution in [0.3, 0.4) is 0 Å². The van der Waals surface area contributed by atoms with E-state index in [0.29, 0.717) is 51.5 Å². The van der Waals surface area contributed by atoms with E-state index < -0.39 is 11.9 Å². The van der Waals surface area contributed by atoms with Gasteiger partial charge in [-0.05, 0) is 0 Å². The van der Waals surface area contributed by atoms with Crippen LogP contribution in [0.5, 0.6) is 23.0 Å². The van der Waals surface area contributed by atoms with Crippen molar-refractivity contribution >= 4 is 71.8 Å². The van der Waals surface area contributed by atoms with Crippen LogP contribution in [-0.2, 0) is 9.59 Å². The van der Waals surface area contributed by atoms with Crippen molar-refractivity contribution in [3.05, 3.63) is 45.3 Å². The fraction of sp³-hybridized carbons (Fsp3) is 0.310. The van der Waals surface area contributed by atoms with Crippen molar-refractivity contribution in [3.63, 3.8) is 0 Å². The van der Waals surface area contributed by atoms with Crippen LogP contribution in [0.15, 0.2) is 36.4 Å². The summed E-state index contributed by atoms with van der Waals surface area (Å²) in [5, 5.41) is 19.4. The van der Waals surface area contributed by atoms with E-state index in [1.54, 1.807) is 26.4 Å². The van der Waals surface area contributed by atoms with E-state index in [4.69, 9.17) is 29.2 Å². The first-order valence-corrected chi connectivity index (χ1v) is 16.1. The van der Waals surface area contributed by atoms with Gasteiger partial charge < -0.3 is 0 Å². The number of rotatable bonds is 16. The minimum absolute atomic E-state index is 0.0179. The van der Waals surface area contributed by atoms with Crippen LogP contribution in [0.1, 0.15) is 50.6 Å². The Hall–Kier alpha value is -3.56. The maximum atomic E-state index is 12.4. The maximum absolute atomic E-state index is 12.4. The number of ketones is 2. The average Bonchev–Trinajstić information content (AvgIpc) is 3.56. The molecule has 2 aromatic heterocycles. The van der Waals surface area contributed by atoms with Crippen molar-refractivity contribution in [2.24, 2.45) is 0 Å². The van der Waals surface area contributed by atoms with Crippen molar-refractivity contribution in [3.8, 4) is 23.0 Å². The molecule has 0 spiro atoms. The van der Waals surface area contributed by atoms with Crippen LogP contribution in [0, 0.1) is 0 Å². The Bertz CT molecular complexity index is 1480. The van der Waals surface area contributed by atoms with Gasteiger partial charge in [-0.15, -0.1) is 0 Å². The Morgan fingerprint density at radius 2 is 1.02 bits per heavy atom. The summed E-state index contributed by atoms with van der Waals surface area (Å²) in [4.78, 5) is 46.4. The summed E-state index contributed by atoms with van der Waals surface area (Å²) in [6, 6.07) is 11.0. The number of carboxylic acid groups (broad SMARTS) is 2. The van der Waals surface area contributed by atoms with Crippen molar-refractivity contribution in [1.82, 2.24) is 0 Å². The molecule has 2 N–H and O–H groups in total. The Kier molecular flexibility index (Phi) is 10.3. The Morgan fingerprint density at radius 3 is 1.49 bits per heavy atom. The molecule has 4 aromatic rings. The molecule has 2 aromatic carbocycles. The molecule has 0 aliphatic rings. The molecule has 0 unspecified atom stereocenters. The molecule has 0 aliphatic heterocycles. The molecule has 10 nitrogen and oxygen atoms in total. The van der Waals surface area contributed by atoms with E-state index in [-0.39, 0.29) is 66.3 Å². The summed E-state index contributed by atoms with van der Waals surface area (Å²) in [6.45, 7) is 0.688. The van der Waals surface area contributed by atoms with Gasteiger partial charge >= 0.3 is 248 Å². The van der Waals surface area contributed by atoms with Gasteiger partial charge in [-0.3, -0.25) is 0 Å². The molecular formula is C29H28O10Se2. The molecule has 41 heavy (non-hydrogen) atoms. The van der Waals surface area contributed by atoms with Gasteiger partial charge in [0.15, 0.2) is 0 Å². The summed E-state index contributed by atoms with van der Waals surface area (Å²) >= 11 is -0.457. The molecule has 0 atom stereocenters. The number of carboxylic acids is 2. The molecule has 0 bridgehead atoms. The molecule has 4 rings (SSSR count). The zero-order valence-corrected chi connectivity index (χ0v) is 25.8. The van der Waals surface area contributed by atoms with E-state index in [9.17, 15) is 19.2 Å². The zero-order valence-electron chi connectivity index (χ0n) is 22.4. The van der Waals surface area contributed by atoms with Gasteiger partial charge in [0.1, 0.15) is 0 Å². The van der Waals surface area contributed by atoms with E-state index in [2.05, 4.69) is 0 Å². The van der Waals surface area contributed by atoms with E-state index in [1.807, 2.05) is 24.3 Å². The topological polar surface area (TPSA) is 146 Å². The number of benzene rings is 2. The molecular weight excluding hydrogens is 666 g/mol. The zero-order chi connectivity index (χ0) is 29.5. The van der Waals surface area contributed by atoms with Gasteiger partial charge in [-0.1, -0.05) is 0 Å². The molecule has 0 fully saturated rings. The third-order valence-electron chi connectivity index (χ3n) is 6.09. The first-order chi connectivity index (χ1) is 19.7. The summed E-state index contributed by atoms with van der Waals surface area (Å²) < 4.78 is 26.2. The predicted octanol–water partition coefficient (Wildman–Crippen LogP) is 4.07. The monoisotopic (exact) mass is 696 g/mol. The molecule has 2 heterocycles. The number of Topliss-reactive ketones (excluding diaryl/α,β-unsaturated/α-hetero) is 2. The number of hydrogen-bond donors (Lipinski definition) is 2. The predicted molar refractivity (Wildman–Crippen MR) is 153 cm³/mol. The Labute approximate surface area is 247 Å². The summed E-state index contributed by atoms with van der Waals surface area (Å²) in [5.41, 5.74) is 0. The first kappa shape index (κ1) is 30.4. The molecule has 0 saturated carbocycles. The normalized spacial score (nSPS) is 11.0. The minimum atomic E-state index is -0.994.